The third kappa shape index (κ3) is 8.13. The first kappa shape index (κ1) is 32.0. The average Bonchev–Trinajstić information content (AvgIpc) is 2.83. The van der Waals surface area contributed by atoms with Crippen LogP contribution in [0.15, 0.2) is 42.5 Å². The molecule has 1 aliphatic heterocycles. The van der Waals surface area contributed by atoms with E-state index >= 15 is 0 Å². The van der Waals surface area contributed by atoms with E-state index < -0.39 is 17.3 Å². The molecule has 37 heavy (non-hydrogen) atoms. The molecule has 2 aromatic rings. The Morgan fingerprint density at radius 3 is 2.27 bits per heavy atom. The van der Waals surface area contributed by atoms with Crippen molar-refractivity contribution in [2.75, 3.05) is 39.8 Å². The van der Waals surface area contributed by atoms with Gasteiger partial charge in [-0.2, -0.15) is 13.2 Å². The Bertz CT molecular complexity index is 995. The maximum atomic E-state index is 13.3. The van der Waals surface area contributed by atoms with Crippen LogP contribution in [0.2, 0.25) is 5.02 Å². The first-order chi connectivity index (χ1) is 16.7. The van der Waals surface area contributed by atoms with Crippen molar-refractivity contribution >= 4 is 36.4 Å². The maximum Gasteiger partial charge on any atom is 0.416 e. The van der Waals surface area contributed by atoms with E-state index in [9.17, 15) is 18.3 Å². The fourth-order valence-electron chi connectivity index (χ4n) is 5.32. The van der Waals surface area contributed by atoms with Crippen LogP contribution in [0.25, 0.3) is 0 Å². The molecular weight excluding hydrogens is 548 g/mol. The molecule has 1 saturated heterocycles. The first-order valence-corrected chi connectivity index (χ1v) is 12.7. The van der Waals surface area contributed by atoms with Crippen LogP contribution in [0, 0.1) is 0 Å². The molecule has 1 aliphatic carbocycles. The molecule has 1 atom stereocenters. The SMILES string of the molecule is CN1CCN(CC(c2ccc(OCc3ccccc3C(F)(F)F)c(Cl)c2)C2(O)CCCCC2)CC1.Cl.Cl. The van der Waals surface area contributed by atoms with Crippen molar-refractivity contribution in [2.24, 2.45) is 0 Å². The Labute approximate surface area is 234 Å². The van der Waals surface area contributed by atoms with Gasteiger partial charge in [0.25, 0.3) is 0 Å². The van der Waals surface area contributed by atoms with Crippen molar-refractivity contribution in [2.45, 2.75) is 56.4 Å². The molecule has 2 aromatic carbocycles. The minimum absolute atomic E-state index is 0. The van der Waals surface area contributed by atoms with Gasteiger partial charge < -0.3 is 19.6 Å². The highest BCUT2D eigenvalue weighted by Crippen LogP contribution is 2.42. The topological polar surface area (TPSA) is 35.9 Å². The van der Waals surface area contributed by atoms with Crippen molar-refractivity contribution in [1.82, 2.24) is 9.80 Å². The highest BCUT2D eigenvalue weighted by atomic mass is 35.5. The van der Waals surface area contributed by atoms with Gasteiger partial charge in [0.15, 0.2) is 0 Å². The molecular formula is C27H36Cl3F3N2O2. The minimum Gasteiger partial charge on any atom is -0.487 e. The quantitative estimate of drug-likeness (QED) is 0.389. The van der Waals surface area contributed by atoms with Crippen LogP contribution < -0.4 is 4.74 Å². The second-order valence-electron chi connectivity index (χ2n) is 9.95. The van der Waals surface area contributed by atoms with Crippen LogP contribution in [-0.2, 0) is 12.8 Å². The summed E-state index contributed by atoms with van der Waals surface area (Å²) in [6.45, 7) is 4.42. The Morgan fingerprint density at radius 2 is 1.65 bits per heavy atom. The molecule has 208 valence electrons. The van der Waals surface area contributed by atoms with Gasteiger partial charge in [-0.25, -0.2) is 0 Å². The van der Waals surface area contributed by atoms with E-state index in [1.165, 1.54) is 12.1 Å². The zero-order valence-electron chi connectivity index (χ0n) is 21.0. The Hall–Kier alpha value is -1.22. The molecule has 0 amide bonds. The van der Waals surface area contributed by atoms with Gasteiger partial charge in [-0.05, 0) is 43.7 Å². The standard InChI is InChI=1S/C27H34ClF3N2O2.2ClH/c1-32-13-15-33(16-14-32)18-23(26(34)11-5-2-6-12-26)20-9-10-25(24(28)17-20)35-19-21-7-3-4-8-22(21)27(29,30)31;;/h3-4,7-10,17,23,34H,2,5-6,11-16,18-19H2,1H3;2*1H. The molecule has 1 saturated carbocycles. The third-order valence-electron chi connectivity index (χ3n) is 7.47. The van der Waals surface area contributed by atoms with Crippen LogP contribution in [0.3, 0.4) is 0 Å². The maximum absolute atomic E-state index is 13.3. The number of likely N-dealkylation sites (N-methyl/N-ethyl adjacent to an activating group) is 1. The monoisotopic (exact) mass is 582 g/mol. The van der Waals surface area contributed by atoms with E-state index in [1.54, 1.807) is 12.1 Å². The second kappa shape index (κ2) is 13.7. The van der Waals surface area contributed by atoms with E-state index in [-0.39, 0.29) is 42.9 Å². The molecule has 0 radical (unpaired) electrons. The van der Waals surface area contributed by atoms with E-state index in [2.05, 4.69) is 16.8 Å². The summed E-state index contributed by atoms with van der Waals surface area (Å²) in [5, 5.41) is 12.0. The van der Waals surface area contributed by atoms with Crippen LogP contribution in [0.5, 0.6) is 5.75 Å². The molecule has 4 nitrogen and oxygen atoms in total. The summed E-state index contributed by atoms with van der Waals surface area (Å²) in [5.41, 5.74) is -0.496. The van der Waals surface area contributed by atoms with Crippen molar-refractivity contribution < 1.29 is 23.0 Å². The van der Waals surface area contributed by atoms with Gasteiger partial charge >= 0.3 is 6.18 Å². The molecule has 2 fully saturated rings. The van der Waals surface area contributed by atoms with Gasteiger partial charge in [0, 0.05) is 44.2 Å². The number of ether oxygens (including phenoxy) is 1. The average molecular weight is 584 g/mol. The zero-order chi connectivity index (χ0) is 25.1. The van der Waals surface area contributed by atoms with Gasteiger partial charge in [0.2, 0.25) is 0 Å². The lowest BCUT2D eigenvalue weighted by Gasteiger charge is -2.43. The first-order valence-electron chi connectivity index (χ1n) is 12.4. The molecule has 4 rings (SSSR count). The second-order valence-corrected chi connectivity index (χ2v) is 10.4. The van der Waals surface area contributed by atoms with Gasteiger partial charge in [0.1, 0.15) is 12.4 Å². The summed E-state index contributed by atoms with van der Waals surface area (Å²) in [4.78, 5) is 4.71. The van der Waals surface area contributed by atoms with Crippen LogP contribution in [0.4, 0.5) is 13.2 Å². The molecule has 0 spiro atoms. The zero-order valence-corrected chi connectivity index (χ0v) is 23.4. The van der Waals surface area contributed by atoms with Crippen molar-refractivity contribution in [3.63, 3.8) is 0 Å². The van der Waals surface area contributed by atoms with Crippen molar-refractivity contribution in [3.05, 3.63) is 64.2 Å². The summed E-state index contributed by atoms with van der Waals surface area (Å²) in [6, 6.07) is 10.8. The Kier molecular flexibility index (Phi) is 11.9. The lowest BCUT2D eigenvalue weighted by molar-refractivity contribution is -0.138. The van der Waals surface area contributed by atoms with E-state index in [1.807, 2.05) is 12.1 Å². The number of benzene rings is 2. The number of piperazine rings is 1. The highest BCUT2D eigenvalue weighted by Gasteiger charge is 2.40. The predicted octanol–water partition coefficient (Wildman–Crippen LogP) is 6.81. The third-order valence-corrected chi connectivity index (χ3v) is 7.76. The Balaban J connectivity index is 0.00000241. The summed E-state index contributed by atoms with van der Waals surface area (Å²) in [7, 11) is 2.12. The molecule has 0 aromatic heterocycles. The van der Waals surface area contributed by atoms with Crippen molar-refractivity contribution in [1.29, 1.82) is 0 Å². The number of hydrogen-bond donors (Lipinski definition) is 1. The molecule has 1 heterocycles. The fourth-order valence-corrected chi connectivity index (χ4v) is 5.56. The normalized spacial score (nSPS) is 19.4. The number of aliphatic hydroxyl groups is 1. The lowest BCUT2D eigenvalue weighted by atomic mass is 9.72. The number of halogens is 6. The van der Waals surface area contributed by atoms with Gasteiger partial charge in [0.05, 0.1) is 16.2 Å². The summed E-state index contributed by atoms with van der Waals surface area (Å²) >= 11 is 6.57. The van der Waals surface area contributed by atoms with Gasteiger partial charge in [-0.15, -0.1) is 24.8 Å². The van der Waals surface area contributed by atoms with Crippen LogP contribution in [-0.4, -0.2) is 60.3 Å². The summed E-state index contributed by atoms with van der Waals surface area (Å²) < 4.78 is 45.6. The summed E-state index contributed by atoms with van der Waals surface area (Å²) in [5.74, 6) is 0.241. The van der Waals surface area contributed by atoms with Crippen LogP contribution >= 0.6 is 36.4 Å². The van der Waals surface area contributed by atoms with Gasteiger partial charge in [-0.3, -0.25) is 0 Å². The van der Waals surface area contributed by atoms with E-state index in [0.29, 0.717) is 10.8 Å². The molecule has 1 unspecified atom stereocenters. The minimum atomic E-state index is -4.44. The number of hydrogen-bond acceptors (Lipinski definition) is 4. The fraction of sp³-hybridized carbons (Fsp3) is 0.556. The van der Waals surface area contributed by atoms with Crippen molar-refractivity contribution in [3.8, 4) is 5.75 Å². The molecule has 1 N–H and O–H groups in total. The largest absolute Gasteiger partial charge is 0.487 e. The van der Waals surface area contributed by atoms with E-state index in [4.69, 9.17) is 16.3 Å². The number of alkyl halides is 3. The predicted molar refractivity (Wildman–Crippen MR) is 146 cm³/mol. The smallest absolute Gasteiger partial charge is 0.416 e. The number of nitrogens with zero attached hydrogens (tertiary/aromatic N) is 2. The molecule has 2 aliphatic rings. The van der Waals surface area contributed by atoms with Crippen LogP contribution in [0.1, 0.15) is 54.7 Å². The Morgan fingerprint density at radius 1 is 1.00 bits per heavy atom. The lowest BCUT2D eigenvalue weighted by Crippen LogP contribution is -2.50. The van der Waals surface area contributed by atoms with E-state index in [0.717, 1.165) is 76.5 Å². The molecule has 10 heteroatoms. The number of rotatable bonds is 7. The highest BCUT2D eigenvalue weighted by molar-refractivity contribution is 6.32. The molecule has 0 bridgehead atoms. The van der Waals surface area contributed by atoms with Gasteiger partial charge in [-0.1, -0.05) is 55.1 Å². The summed E-state index contributed by atoms with van der Waals surface area (Å²) in [6.07, 6.45) is 0.216.